The van der Waals surface area contributed by atoms with E-state index in [2.05, 4.69) is 109 Å². The van der Waals surface area contributed by atoms with Crippen molar-refractivity contribution in [2.24, 2.45) is 0 Å². The van der Waals surface area contributed by atoms with Gasteiger partial charge in [-0.2, -0.15) is 15.8 Å². The van der Waals surface area contributed by atoms with Gasteiger partial charge < -0.3 is 0 Å². The lowest BCUT2D eigenvalue weighted by molar-refractivity contribution is 1.48. The van der Waals surface area contributed by atoms with Gasteiger partial charge in [0.1, 0.15) is 0 Å². The summed E-state index contributed by atoms with van der Waals surface area (Å²) in [6.07, 6.45) is 0. The van der Waals surface area contributed by atoms with Gasteiger partial charge in [0.15, 0.2) is 0 Å². The van der Waals surface area contributed by atoms with Crippen LogP contribution in [0.15, 0.2) is 164 Å². The van der Waals surface area contributed by atoms with Crippen LogP contribution in [0.25, 0.3) is 95.0 Å². The fourth-order valence-electron chi connectivity index (χ4n) is 7.40. The summed E-state index contributed by atoms with van der Waals surface area (Å²) in [6, 6.07) is 63.2. The van der Waals surface area contributed by atoms with Crippen LogP contribution in [0.1, 0.15) is 16.7 Å². The molecule has 3 heterocycles. The molecule has 0 radical (unpaired) electrons. The molecule has 0 N–H and O–H groups in total. The Bertz CT molecular complexity index is 2800. The minimum Gasteiger partial charge on any atom is -0.192 e. The van der Waals surface area contributed by atoms with Gasteiger partial charge in [-0.25, -0.2) is 0 Å². The first-order valence-corrected chi connectivity index (χ1v) is 20.8. The molecular formula is C51H27N3S3. The zero-order chi connectivity index (χ0) is 38.5. The van der Waals surface area contributed by atoms with E-state index in [0.717, 1.165) is 33.4 Å². The van der Waals surface area contributed by atoms with Gasteiger partial charge in [0.25, 0.3) is 0 Å². The second-order valence-corrected chi connectivity index (χ2v) is 17.0. The van der Waals surface area contributed by atoms with E-state index in [1.807, 2.05) is 107 Å². The smallest absolute Gasteiger partial charge is 0.0991 e. The van der Waals surface area contributed by atoms with E-state index in [1.54, 1.807) is 0 Å². The van der Waals surface area contributed by atoms with Crippen molar-refractivity contribution >= 4 is 64.3 Å². The molecule has 0 aliphatic carbocycles. The molecule has 264 valence electrons. The van der Waals surface area contributed by atoms with E-state index < -0.39 is 0 Å². The number of nitrogens with zero attached hydrogens (tertiary/aromatic N) is 3. The van der Waals surface area contributed by atoms with Gasteiger partial charge in [-0.05, 0) is 105 Å². The Hall–Kier alpha value is -7.11. The van der Waals surface area contributed by atoms with Gasteiger partial charge in [0.05, 0.1) is 34.9 Å². The largest absolute Gasteiger partial charge is 0.192 e. The molecule has 3 nitrogen and oxygen atoms in total. The molecule has 10 aromatic rings. The van der Waals surface area contributed by atoms with Gasteiger partial charge in [-0.15, -0.1) is 34.0 Å². The number of nitriles is 3. The van der Waals surface area contributed by atoms with Crippen molar-refractivity contribution in [3.05, 3.63) is 180 Å². The standard InChI is InChI=1S/C51H27N3S3/c52-28-31-1-7-34(8-2-31)37-13-19-40(20-14-37)46-25-43-49(55-46)44-26-47(41-21-15-38(16-22-41)35-9-3-32(29-53)4-10-35)57-51(44)45-27-48(56-50(43)45)42-23-17-39(18-24-42)36-11-5-33(30-54)6-12-36/h1-27H. The molecular weight excluding hydrogens is 751 g/mol. The number of thiophene rings is 3. The minimum atomic E-state index is 0.659. The van der Waals surface area contributed by atoms with E-state index in [0.29, 0.717) is 16.7 Å². The SMILES string of the molecule is N#Cc1ccc(-c2ccc(-c3cc4c(s3)c3cc(-c5ccc(-c6ccc(C#N)cc6)cc5)sc3c3cc(-c5ccc(-c6ccc(C#N)cc6)cc5)sc43)cc2)cc1. The predicted molar refractivity (Wildman–Crippen MR) is 239 cm³/mol. The quantitative estimate of drug-likeness (QED) is 0.169. The molecule has 0 amide bonds. The maximum atomic E-state index is 9.24. The Morgan fingerprint density at radius 1 is 0.263 bits per heavy atom. The van der Waals surface area contributed by atoms with Gasteiger partial charge in [0.2, 0.25) is 0 Å². The van der Waals surface area contributed by atoms with E-state index in [1.165, 1.54) is 61.6 Å². The Labute approximate surface area is 341 Å². The summed E-state index contributed by atoms with van der Waals surface area (Å²) in [5.41, 5.74) is 12.1. The monoisotopic (exact) mass is 777 g/mol. The highest BCUT2D eigenvalue weighted by Gasteiger charge is 2.19. The fraction of sp³-hybridized carbons (Fsp3) is 0. The van der Waals surface area contributed by atoms with E-state index in [4.69, 9.17) is 0 Å². The molecule has 57 heavy (non-hydrogen) atoms. The topological polar surface area (TPSA) is 71.4 Å². The summed E-state index contributed by atoms with van der Waals surface area (Å²) in [5, 5.41) is 31.5. The summed E-state index contributed by atoms with van der Waals surface area (Å²) in [5.74, 6) is 0. The molecule has 0 saturated carbocycles. The molecule has 0 bridgehead atoms. The predicted octanol–water partition coefficient (Wildman–Crippen LogP) is 14.9. The number of rotatable bonds is 6. The summed E-state index contributed by atoms with van der Waals surface area (Å²) in [6.45, 7) is 0. The van der Waals surface area contributed by atoms with Crippen molar-refractivity contribution in [1.82, 2.24) is 0 Å². The molecule has 3 aromatic heterocycles. The molecule has 0 unspecified atom stereocenters. The fourth-order valence-corrected chi connectivity index (χ4v) is 11.2. The first-order valence-electron chi connectivity index (χ1n) is 18.3. The zero-order valence-corrected chi connectivity index (χ0v) is 32.6. The molecule has 6 heteroatoms. The average Bonchev–Trinajstić information content (AvgIpc) is 4.05. The minimum absolute atomic E-state index is 0.659. The highest BCUT2D eigenvalue weighted by Crippen LogP contribution is 2.51. The van der Waals surface area contributed by atoms with Crippen molar-refractivity contribution in [3.8, 4) is 82.9 Å². The van der Waals surface area contributed by atoms with Crippen LogP contribution >= 0.6 is 34.0 Å². The van der Waals surface area contributed by atoms with Crippen molar-refractivity contribution in [2.45, 2.75) is 0 Å². The molecule has 0 aliphatic heterocycles. The second kappa shape index (κ2) is 14.2. The molecule has 0 atom stereocenters. The molecule has 0 fully saturated rings. The number of fused-ring (bicyclic) bond motifs is 6. The molecule has 0 saturated heterocycles. The third kappa shape index (κ3) is 6.27. The van der Waals surface area contributed by atoms with Crippen LogP contribution in [0.5, 0.6) is 0 Å². The first kappa shape index (κ1) is 34.4. The lowest BCUT2D eigenvalue weighted by Crippen LogP contribution is -1.80. The van der Waals surface area contributed by atoms with Crippen molar-refractivity contribution in [3.63, 3.8) is 0 Å². The van der Waals surface area contributed by atoms with Crippen molar-refractivity contribution < 1.29 is 0 Å². The molecule has 0 aliphatic rings. The Morgan fingerprint density at radius 2 is 0.456 bits per heavy atom. The van der Waals surface area contributed by atoms with Crippen LogP contribution in [0.4, 0.5) is 0 Å². The van der Waals surface area contributed by atoms with Crippen LogP contribution < -0.4 is 0 Å². The summed E-state index contributed by atoms with van der Waals surface area (Å²) in [4.78, 5) is 3.68. The van der Waals surface area contributed by atoms with Gasteiger partial charge in [-0.3, -0.25) is 0 Å². The third-order valence-corrected chi connectivity index (χ3v) is 14.1. The van der Waals surface area contributed by atoms with Crippen LogP contribution in [0.3, 0.4) is 0 Å². The number of hydrogen-bond donors (Lipinski definition) is 0. The lowest BCUT2D eigenvalue weighted by Gasteiger charge is -2.03. The number of benzene rings is 7. The molecule has 10 rings (SSSR count). The highest BCUT2D eigenvalue weighted by molar-refractivity contribution is 7.29. The Morgan fingerprint density at radius 3 is 0.667 bits per heavy atom. The van der Waals surface area contributed by atoms with Crippen LogP contribution in [-0.4, -0.2) is 0 Å². The van der Waals surface area contributed by atoms with Crippen LogP contribution in [0, 0.1) is 34.0 Å². The van der Waals surface area contributed by atoms with Crippen LogP contribution in [0.2, 0.25) is 0 Å². The summed E-state index contributed by atoms with van der Waals surface area (Å²) in [7, 11) is 0. The zero-order valence-electron chi connectivity index (χ0n) is 30.2. The maximum absolute atomic E-state index is 9.24. The Kier molecular flexibility index (Phi) is 8.56. The lowest BCUT2D eigenvalue weighted by atomic mass is 10.0. The number of hydrogen-bond acceptors (Lipinski definition) is 6. The van der Waals surface area contributed by atoms with Gasteiger partial charge >= 0.3 is 0 Å². The second-order valence-electron chi connectivity index (χ2n) is 13.9. The third-order valence-electron chi connectivity index (χ3n) is 10.5. The van der Waals surface area contributed by atoms with E-state index in [-0.39, 0.29) is 0 Å². The summed E-state index contributed by atoms with van der Waals surface area (Å²) < 4.78 is 3.89. The Balaban J connectivity index is 1.07. The highest BCUT2D eigenvalue weighted by atomic mass is 32.1. The normalized spacial score (nSPS) is 11.1. The summed E-state index contributed by atoms with van der Waals surface area (Å²) >= 11 is 5.56. The molecule has 7 aromatic carbocycles. The van der Waals surface area contributed by atoms with Crippen molar-refractivity contribution in [1.29, 1.82) is 15.8 Å². The average molecular weight is 778 g/mol. The first-order chi connectivity index (χ1) is 28.0. The van der Waals surface area contributed by atoms with Gasteiger partial charge in [0, 0.05) is 44.9 Å². The van der Waals surface area contributed by atoms with E-state index >= 15 is 0 Å². The van der Waals surface area contributed by atoms with Gasteiger partial charge in [-0.1, -0.05) is 109 Å². The van der Waals surface area contributed by atoms with Crippen molar-refractivity contribution in [2.75, 3.05) is 0 Å². The van der Waals surface area contributed by atoms with E-state index in [9.17, 15) is 15.8 Å². The van der Waals surface area contributed by atoms with Crippen LogP contribution in [-0.2, 0) is 0 Å². The molecule has 0 spiro atoms. The maximum Gasteiger partial charge on any atom is 0.0991 e.